The summed E-state index contributed by atoms with van der Waals surface area (Å²) in [5.74, 6) is 0.0579. The number of hydrogen-bond acceptors (Lipinski definition) is 3. The Morgan fingerprint density at radius 2 is 2.12 bits per heavy atom. The number of benzene rings is 1. The van der Waals surface area contributed by atoms with E-state index in [2.05, 4.69) is 5.32 Å². The molecular weight excluding hydrogens is 206 g/mol. The highest BCUT2D eigenvalue weighted by molar-refractivity contribution is 5.75. The van der Waals surface area contributed by atoms with Gasteiger partial charge in [0.1, 0.15) is 5.75 Å². The first-order valence-corrected chi connectivity index (χ1v) is 5.31. The van der Waals surface area contributed by atoms with Crippen molar-refractivity contribution in [3.05, 3.63) is 29.8 Å². The van der Waals surface area contributed by atoms with E-state index in [0.717, 1.165) is 0 Å². The number of aliphatic hydroxyl groups excluding tert-OH is 1. The third-order valence-electron chi connectivity index (χ3n) is 2.26. The van der Waals surface area contributed by atoms with Crippen LogP contribution in [0, 0.1) is 0 Å². The molecule has 0 spiro atoms. The Labute approximate surface area is 94.9 Å². The second-order valence-electron chi connectivity index (χ2n) is 3.79. The van der Waals surface area contributed by atoms with Gasteiger partial charge in [-0.25, -0.2) is 0 Å². The van der Waals surface area contributed by atoms with E-state index < -0.39 is 6.10 Å². The molecule has 1 unspecified atom stereocenters. The fourth-order valence-corrected chi connectivity index (χ4v) is 1.28. The van der Waals surface area contributed by atoms with E-state index in [4.69, 9.17) is 5.11 Å². The summed E-state index contributed by atoms with van der Waals surface area (Å²) in [4.78, 5) is 11.3. The molecule has 1 rings (SSSR count). The highest BCUT2D eigenvalue weighted by Crippen LogP contribution is 2.14. The Hall–Kier alpha value is -1.55. The van der Waals surface area contributed by atoms with Crippen LogP contribution in [0.1, 0.15) is 25.3 Å². The van der Waals surface area contributed by atoms with Gasteiger partial charge in [-0.05, 0) is 19.4 Å². The highest BCUT2D eigenvalue weighted by Gasteiger charge is 2.05. The average Bonchev–Trinajstić information content (AvgIpc) is 2.25. The molecule has 1 atom stereocenters. The monoisotopic (exact) mass is 223 g/mol. The molecule has 0 aliphatic heterocycles. The van der Waals surface area contributed by atoms with Gasteiger partial charge in [0.25, 0.3) is 0 Å². The van der Waals surface area contributed by atoms with E-state index in [-0.39, 0.29) is 11.7 Å². The van der Waals surface area contributed by atoms with Crippen LogP contribution < -0.4 is 5.32 Å². The Kier molecular flexibility index (Phi) is 4.79. The zero-order valence-electron chi connectivity index (χ0n) is 9.31. The lowest BCUT2D eigenvalue weighted by Crippen LogP contribution is -2.23. The quantitative estimate of drug-likeness (QED) is 0.701. The molecule has 0 aliphatic rings. The average molecular weight is 223 g/mol. The van der Waals surface area contributed by atoms with Gasteiger partial charge in [-0.15, -0.1) is 0 Å². The number of phenolic OH excluding ortho intramolecular Hbond substituents is 1. The van der Waals surface area contributed by atoms with Crippen molar-refractivity contribution in [1.29, 1.82) is 0 Å². The maximum Gasteiger partial charge on any atom is 0.220 e. The number of hydrogen-bond donors (Lipinski definition) is 3. The van der Waals surface area contributed by atoms with E-state index >= 15 is 0 Å². The molecule has 0 aliphatic carbocycles. The first kappa shape index (κ1) is 12.5. The molecule has 88 valence electrons. The lowest BCUT2D eigenvalue weighted by molar-refractivity contribution is -0.121. The van der Waals surface area contributed by atoms with Gasteiger partial charge < -0.3 is 15.5 Å². The largest absolute Gasteiger partial charge is 0.508 e. The van der Waals surface area contributed by atoms with Crippen LogP contribution >= 0.6 is 0 Å². The van der Waals surface area contributed by atoms with Crippen molar-refractivity contribution in [3.63, 3.8) is 0 Å². The Morgan fingerprint density at radius 3 is 2.75 bits per heavy atom. The molecule has 0 heterocycles. The number of para-hydroxylation sites is 1. The van der Waals surface area contributed by atoms with Crippen molar-refractivity contribution < 1.29 is 15.0 Å². The number of nitrogens with one attached hydrogen (secondary N) is 1. The van der Waals surface area contributed by atoms with Gasteiger partial charge >= 0.3 is 0 Å². The topological polar surface area (TPSA) is 69.6 Å². The lowest BCUT2D eigenvalue weighted by atomic mass is 10.2. The standard InChI is InChI=1S/C12H17NO3/c1-9(14)6-7-12(16)13-8-10-4-2-3-5-11(10)15/h2-5,9,14-15H,6-8H2,1H3,(H,13,16). The molecule has 16 heavy (non-hydrogen) atoms. The molecule has 4 nitrogen and oxygen atoms in total. The van der Waals surface area contributed by atoms with Crippen molar-refractivity contribution in [2.45, 2.75) is 32.4 Å². The summed E-state index contributed by atoms with van der Waals surface area (Å²) in [6, 6.07) is 6.87. The molecule has 1 amide bonds. The zero-order chi connectivity index (χ0) is 12.0. The smallest absolute Gasteiger partial charge is 0.220 e. The summed E-state index contributed by atoms with van der Waals surface area (Å²) in [7, 11) is 0. The van der Waals surface area contributed by atoms with Crippen molar-refractivity contribution >= 4 is 5.91 Å². The second-order valence-corrected chi connectivity index (χ2v) is 3.79. The Balaban J connectivity index is 2.35. The SMILES string of the molecule is CC(O)CCC(=O)NCc1ccccc1O. The maximum absolute atomic E-state index is 11.3. The van der Waals surface area contributed by atoms with Crippen molar-refractivity contribution in [2.24, 2.45) is 0 Å². The first-order valence-electron chi connectivity index (χ1n) is 5.31. The van der Waals surface area contributed by atoms with Gasteiger partial charge in [0.05, 0.1) is 6.10 Å². The van der Waals surface area contributed by atoms with Crippen LogP contribution in [0.4, 0.5) is 0 Å². The predicted octanol–water partition coefficient (Wildman–Crippen LogP) is 1.17. The van der Waals surface area contributed by atoms with Gasteiger partial charge in [-0.1, -0.05) is 18.2 Å². The molecule has 0 aromatic heterocycles. The molecule has 0 radical (unpaired) electrons. The van der Waals surface area contributed by atoms with Gasteiger partial charge in [-0.3, -0.25) is 4.79 Å². The number of aliphatic hydroxyl groups is 1. The summed E-state index contributed by atoms with van der Waals surface area (Å²) in [5.41, 5.74) is 0.688. The number of carbonyl (C=O) groups is 1. The Bertz CT molecular complexity index is 350. The van der Waals surface area contributed by atoms with Gasteiger partial charge in [0, 0.05) is 18.5 Å². The Morgan fingerprint density at radius 1 is 1.44 bits per heavy atom. The number of amides is 1. The molecule has 0 bridgehead atoms. The number of aromatic hydroxyl groups is 1. The summed E-state index contributed by atoms with van der Waals surface area (Å²) in [6.07, 6.45) is 0.286. The molecule has 4 heteroatoms. The summed E-state index contributed by atoms with van der Waals surface area (Å²) in [6.45, 7) is 1.96. The van der Waals surface area contributed by atoms with Crippen LogP contribution in [0.2, 0.25) is 0 Å². The minimum absolute atomic E-state index is 0.121. The minimum atomic E-state index is -0.462. The first-order chi connectivity index (χ1) is 7.59. The van der Waals surface area contributed by atoms with Crippen LogP contribution in [0.3, 0.4) is 0 Å². The minimum Gasteiger partial charge on any atom is -0.508 e. The third kappa shape index (κ3) is 4.31. The predicted molar refractivity (Wildman–Crippen MR) is 60.9 cm³/mol. The highest BCUT2D eigenvalue weighted by atomic mass is 16.3. The third-order valence-corrected chi connectivity index (χ3v) is 2.26. The van der Waals surface area contributed by atoms with Crippen LogP contribution in [0.15, 0.2) is 24.3 Å². The molecular formula is C12H17NO3. The van der Waals surface area contributed by atoms with Gasteiger partial charge in [-0.2, -0.15) is 0 Å². The van der Waals surface area contributed by atoms with Crippen molar-refractivity contribution in [2.75, 3.05) is 0 Å². The van der Waals surface area contributed by atoms with Crippen LogP contribution in [-0.4, -0.2) is 22.2 Å². The number of rotatable bonds is 5. The lowest BCUT2D eigenvalue weighted by Gasteiger charge is -2.07. The van der Waals surface area contributed by atoms with Crippen LogP contribution in [-0.2, 0) is 11.3 Å². The summed E-state index contributed by atoms with van der Waals surface area (Å²) >= 11 is 0. The number of carbonyl (C=O) groups excluding carboxylic acids is 1. The van der Waals surface area contributed by atoms with E-state index in [1.807, 2.05) is 0 Å². The molecule has 1 aromatic carbocycles. The van der Waals surface area contributed by atoms with E-state index in [9.17, 15) is 9.90 Å². The molecule has 0 saturated heterocycles. The molecule has 3 N–H and O–H groups in total. The maximum atomic E-state index is 11.3. The van der Waals surface area contributed by atoms with Crippen LogP contribution in [0.25, 0.3) is 0 Å². The molecule has 0 fully saturated rings. The van der Waals surface area contributed by atoms with E-state index in [1.165, 1.54) is 0 Å². The number of phenols is 1. The molecule has 0 saturated carbocycles. The van der Waals surface area contributed by atoms with Crippen LogP contribution in [0.5, 0.6) is 5.75 Å². The fraction of sp³-hybridized carbons (Fsp3) is 0.417. The van der Waals surface area contributed by atoms with E-state index in [0.29, 0.717) is 24.9 Å². The van der Waals surface area contributed by atoms with Gasteiger partial charge in [0.15, 0.2) is 0 Å². The summed E-state index contributed by atoms with van der Waals surface area (Å²) < 4.78 is 0. The van der Waals surface area contributed by atoms with Gasteiger partial charge in [0.2, 0.25) is 5.91 Å². The van der Waals surface area contributed by atoms with Crippen molar-refractivity contribution in [3.8, 4) is 5.75 Å². The normalized spacial score (nSPS) is 12.1. The summed E-state index contributed by atoms with van der Waals surface area (Å²) in [5, 5.41) is 21.1. The fourth-order valence-electron chi connectivity index (χ4n) is 1.28. The second kappa shape index (κ2) is 6.12. The zero-order valence-corrected chi connectivity index (χ0v) is 9.31. The van der Waals surface area contributed by atoms with E-state index in [1.54, 1.807) is 31.2 Å². The molecule has 1 aromatic rings. The van der Waals surface area contributed by atoms with Crippen molar-refractivity contribution in [1.82, 2.24) is 5.32 Å².